The van der Waals surface area contributed by atoms with Crippen molar-refractivity contribution in [1.82, 2.24) is 5.32 Å². The first-order valence-corrected chi connectivity index (χ1v) is 37.1. The summed E-state index contributed by atoms with van der Waals surface area (Å²) in [5, 5.41) is 23.3. The van der Waals surface area contributed by atoms with E-state index in [0.29, 0.717) is 19.4 Å². The van der Waals surface area contributed by atoms with Gasteiger partial charge in [0.25, 0.3) is 0 Å². The first-order valence-electron chi connectivity index (χ1n) is 37.1. The second kappa shape index (κ2) is 70.8. The molecule has 0 aliphatic carbocycles. The molecule has 0 aliphatic rings. The van der Waals surface area contributed by atoms with E-state index in [9.17, 15) is 19.8 Å². The largest absolute Gasteiger partial charge is 0.466 e. The van der Waals surface area contributed by atoms with Gasteiger partial charge in [0.1, 0.15) is 0 Å². The Hall–Kier alpha value is -1.66. The van der Waals surface area contributed by atoms with Gasteiger partial charge in [0.15, 0.2) is 0 Å². The van der Waals surface area contributed by atoms with E-state index in [4.69, 9.17) is 4.74 Å². The Morgan fingerprint density at radius 1 is 0.333 bits per heavy atom. The van der Waals surface area contributed by atoms with E-state index < -0.39 is 12.1 Å². The molecule has 0 rings (SSSR count). The Kier molecular flexibility index (Phi) is 69.4. The Morgan fingerprint density at radius 2 is 0.580 bits per heavy atom. The summed E-state index contributed by atoms with van der Waals surface area (Å²) in [6.07, 6.45) is 89.8. The molecule has 6 heteroatoms. The minimum Gasteiger partial charge on any atom is -0.466 e. The van der Waals surface area contributed by atoms with Crippen LogP contribution < -0.4 is 5.32 Å². The molecule has 0 heterocycles. The summed E-state index contributed by atoms with van der Waals surface area (Å²) in [5.74, 6) is -0.0534. The Morgan fingerprint density at radius 3 is 0.877 bits per heavy atom. The summed E-state index contributed by atoms with van der Waals surface area (Å²) < 4.78 is 5.50. The van der Waals surface area contributed by atoms with Gasteiger partial charge in [-0.25, -0.2) is 0 Å². The van der Waals surface area contributed by atoms with E-state index in [1.165, 1.54) is 347 Å². The monoisotopic (exact) mass is 1140 g/mol. The molecule has 2 unspecified atom stereocenters. The number of aliphatic hydroxyl groups is 2. The Labute approximate surface area is 507 Å². The van der Waals surface area contributed by atoms with Crippen LogP contribution in [0.1, 0.15) is 418 Å². The van der Waals surface area contributed by atoms with E-state index in [1.807, 2.05) is 6.08 Å². The number of carbonyl (C=O) groups excluding carboxylic acids is 2. The Balaban J connectivity index is 3.39. The molecule has 0 aromatic carbocycles. The number of unbranched alkanes of at least 4 members (excludes halogenated alkanes) is 57. The fourth-order valence-corrected chi connectivity index (χ4v) is 11.8. The molecule has 0 aromatic rings. The zero-order valence-corrected chi connectivity index (χ0v) is 55.0. The van der Waals surface area contributed by atoms with E-state index in [2.05, 4.69) is 31.3 Å². The van der Waals surface area contributed by atoms with Crippen molar-refractivity contribution in [2.45, 2.75) is 431 Å². The fraction of sp³-hybridized carbons (Fsp3) is 0.920. The van der Waals surface area contributed by atoms with Gasteiger partial charge in [0.2, 0.25) is 5.91 Å². The maximum Gasteiger partial charge on any atom is 0.305 e. The molecule has 3 N–H and O–H groups in total. The highest BCUT2D eigenvalue weighted by Gasteiger charge is 2.18. The second-order valence-electron chi connectivity index (χ2n) is 25.6. The molecule has 0 fully saturated rings. The van der Waals surface area contributed by atoms with Crippen LogP contribution in [0.15, 0.2) is 24.3 Å². The molecule has 1 amide bonds. The molecule has 0 saturated carbocycles. The van der Waals surface area contributed by atoms with Crippen molar-refractivity contribution in [2.75, 3.05) is 13.2 Å². The molecule has 0 bridgehead atoms. The summed E-state index contributed by atoms with van der Waals surface area (Å²) in [6.45, 7) is 4.94. The molecule has 480 valence electrons. The van der Waals surface area contributed by atoms with Gasteiger partial charge in [-0.1, -0.05) is 372 Å². The van der Waals surface area contributed by atoms with Crippen molar-refractivity contribution in [2.24, 2.45) is 0 Å². The number of amides is 1. The third-order valence-electron chi connectivity index (χ3n) is 17.5. The van der Waals surface area contributed by atoms with Crippen molar-refractivity contribution in [3.63, 3.8) is 0 Å². The molecule has 0 aromatic heterocycles. The summed E-state index contributed by atoms with van der Waals surface area (Å²) >= 11 is 0. The van der Waals surface area contributed by atoms with Crippen molar-refractivity contribution >= 4 is 11.9 Å². The zero-order valence-electron chi connectivity index (χ0n) is 55.0. The Bertz CT molecular complexity index is 1270. The van der Waals surface area contributed by atoms with Crippen LogP contribution in [0.2, 0.25) is 0 Å². The van der Waals surface area contributed by atoms with Gasteiger partial charge in [0.05, 0.1) is 25.4 Å². The van der Waals surface area contributed by atoms with E-state index in [0.717, 1.165) is 44.9 Å². The third kappa shape index (κ3) is 67.3. The maximum absolute atomic E-state index is 12.5. The lowest BCUT2D eigenvalue weighted by Crippen LogP contribution is -2.45. The molecule has 81 heavy (non-hydrogen) atoms. The smallest absolute Gasteiger partial charge is 0.305 e. The van der Waals surface area contributed by atoms with Crippen molar-refractivity contribution < 1.29 is 24.5 Å². The number of allylic oxidation sites excluding steroid dienone is 3. The average Bonchev–Trinajstić information content (AvgIpc) is 3.47. The molecule has 2 atom stereocenters. The van der Waals surface area contributed by atoms with Crippen LogP contribution in [0.5, 0.6) is 0 Å². The van der Waals surface area contributed by atoms with Crippen LogP contribution >= 0.6 is 0 Å². The molecule has 0 radical (unpaired) electrons. The highest BCUT2D eigenvalue weighted by Crippen LogP contribution is 2.19. The first kappa shape index (κ1) is 79.3. The van der Waals surface area contributed by atoms with Gasteiger partial charge >= 0.3 is 5.97 Å². The SMILES string of the molecule is CCCCCCCCC/C=C\CCCCCCCC(=O)OCCCCCCCCCCCCCCCCCCCCCCCCCCC(=O)NC(CO)C(O)/C=C/CCCCCCCCCCCCCCCCCCCCCCCC. The number of ether oxygens (including phenoxy) is 1. The normalized spacial score (nSPS) is 12.6. The van der Waals surface area contributed by atoms with Gasteiger partial charge in [0, 0.05) is 12.8 Å². The standard InChI is InChI=1S/C75H145NO5/c1-3-5-7-9-11-13-15-17-19-21-22-23-24-27-30-33-36-39-43-47-51-55-59-63-67-73(78)72(71-77)76-74(79)68-64-60-56-52-48-44-40-37-34-31-28-25-26-29-32-35-38-42-46-50-54-58-62-66-70-81-75(80)69-65-61-57-53-49-45-41-20-18-16-14-12-10-8-6-4-2/h20,41,63,67,72-73,77-78H,3-19,21-40,42-62,64-66,68-71H2,1-2H3,(H,76,79)/b41-20-,67-63+. The average molecular weight is 1140 g/mol. The molecular formula is C75H145NO5. The quantitative estimate of drug-likeness (QED) is 0.0320. The summed E-state index contributed by atoms with van der Waals surface area (Å²) in [5.41, 5.74) is 0. The fourth-order valence-electron chi connectivity index (χ4n) is 11.8. The van der Waals surface area contributed by atoms with Crippen LogP contribution in [-0.4, -0.2) is 47.4 Å². The van der Waals surface area contributed by atoms with Crippen LogP contribution in [-0.2, 0) is 14.3 Å². The van der Waals surface area contributed by atoms with Gasteiger partial charge in [-0.15, -0.1) is 0 Å². The molecule has 0 aliphatic heterocycles. The topological polar surface area (TPSA) is 95.9 Å². The number of hydrogen-bond acceptors (Lipinski definition) is 5. The molecule has 6 nitrogen and oxygen atoms in total. The van der Waals surface area contributed by atoms with E-state index in [-0.39, 0.29) is 18.5 Å². The third-order valence-corrected chi connectivity index (χ3v) is 17.5. The van der Waals surface area contributed by atoms with E-state index >= 15 is 0 Å². The van der Waals surface area contributed by atoms with Gasteiger partial charge < -0.3 is 20.3 Å². The van der Waals surface area contributed by atoms with Crippen molar-refractivity contribution in [3.05, 3.63) is 24.3 Å². The van der Waals surface area contributed by atoms with Crippen molar-refractivity contribution in [1.29, 1.82) is 0 Å². The second-order valence-corrected chi connectivity index (χ2v) is 25.6. The predicted octanol–water partition coefficient (Wildman–Crippen LogP) is 24.1. The number of hydrogen-bond donors (Lipinski definition) is 3. The van der Waals surface area contributed by atoms with Crippen LogP contribution in [0.4, 0.5) is 0 Å². The zero-order chi connectivity index (χ0) is 58.5. The van der Waals surface area contributed by atoms with Crippen LogP contribution in [0.25, 0.3) is 0 Å². The summed E-state index contributed by atoms with van der Waals surface area (Å²) in [7, 11) is 0. The van der Waals surface area contributed by atoms with Crippen LogP contribution in [0, 0.1) is 0 Å². The lowest BCUT2D eigenvalue weighted by molar-refractivity contribution is -0.143. The minimum atomic E-state index is -0.845. The molecule has 0 saturated heterocycles. The molecular weight excluding hydrogens is 995 g/mol. The number of rotatable bonds is 70. The number of aliphatic hydroxyl groups excluding tert-OH is 2. The number of nitrogens with one attached hydrogen (secondary N) is 1. The maximum atomic E-state index is 12.5. The van der Waals surface area contributed by atoms with Gasteiger partial charge in [-0.3, -0.25) is 9.59 Å². The predicted molar refractivity (Wildman–Crippen MR) is 356 cm³/mol. The summed E-state index contributed by atoms with van der Waals surface area (Å²) in [6, 6.07) is -0.628. The number of esters is 1. The lowest BCUT2D eigenvalue weighted by Gasteiger charge is -2.20. The molecule has 0 spiro atoms. The highest BCUT2D eigenvalue weighted by molar-refractivity contribution is 5.76. The lowest BCUT2D eigenvalue weighted by atomic mass is 10.0. The number of carbonyl (C=O) groups is 2. The summed E-state index contributed by atoms with van der Waals surface area (Å²) in [4.78, 5) is 24.6. The van der Waals surface area contributed by atoms with Crippen molar-refractivity contribution in [3.8, 4) is 0 Å². The van der Waals surface area contributed by atoms with Gasteiger partial charge in [-0.05, 0) is 57.8 Å². The van der Waals surface area contributed by atoms with Crippen LogP contribution in [0.3, 0.4) is 0 Å². The minimum absolute atomic E-state index is 0.00862. The highest BCUT2D eigenvalue weighted by atomic mass is 16.5. The van der Waals surface area contributed by atoms with Gasteiger partial charge in [-0.2, -0.15) is 0 Å². The van der Waals surface area contributed by atoms with E-state index in [1.54, 1.807) is 6.08 Å². The first-order chi connectivity index (χ1) is 40.0.